The van der Waals surface area contributed by atoms with Crippen molar-refractivity contribution in [2.45, 2.75) is 31.1 Å². The molecule has 0 amide bonds. The van der Waals surface area contributed by atoms with E-state index in [0.29, 0.717) is 12.1 Å². The minimum atomic E-state index is -0.698. The molecule has 0 radical (unpaired) electrons. The van der Waals surface area contributed by atoms with E-state index in [1.54, 1.807) is 0 Å². The van der Waals surface area contributed by atoms with Gasteiger partial charge in [-0.15, -0.1) is 0 Å². The Balaban J connectivity index is 2.47. The maximum absolute atomic E-state index is 13.4. The third kappa shape index (κ3) is 1.82. The number of benzene rings is 1. The van der Waals surface area contributed by atoms with Crippen LogP contribution < -0.4 is 5.73 Å². The second-order valence-corrected chi connectivity index (χ2v) is 4.82. The molecule has 4 heteroatoms. The molecule has 16 heavy (non-hydrogen) atoms. The summed E-state index contributed by atoms with van der Waals surface area (Å²) in [5.41, 5.74) is 6.15. The third-order valence-corrected chi connectivity index (χ3v) is 3.91. The second kappa shape index (κ2) is 4.30. The fourth-order valence-corrected chi connectivity index (χ4v) is 2.63. The molecule has 0 aromatic heterocycles. The zero-order valence-corrected chi connectivity index (χ0v) is 9.66. The van der Waals surface area contributed by atoms with E-state index in [1.165, 1.54) is 12.1 Å². The highest BCUT2D eigenvalue weighted by Gasteiger charge is 2.35. The van der Waals surface area contributed by atoms with Crippen molar-refractivity contribution in [2.24, 2.45) is 5.73 Å². The monoisotopic (exact) mass is 245 g/mol. The van der Waals surface area contributed by atoms with Crippen molar-refractivity contribution >= 4 is 11.6 Å². The lowest BCUT2D eigenvalue weighted by Gasteiger charge is -2.28. The van der Waals surface area contributed by atoms with Gasteiger partial charge in [-0.05, 0) is 30.5 Å². The van der Waals surface area contributed by atoms with Gasteiger partial charge in [0.25, 0.3) is 0 Å². The van der Waals surface area contributed by atoms with Crippen molar-refractivity contribution in [3.8, 4) is 0 Å². The molecule has 0 unspecified atom stereocenters. The molecule has 2 rings (SSSR count). The Kier molecular flexibility index (Phi) is 3.17. The summed E-state index contributed by atoms with van der Waals surface area (Å²) in [5, 5.41) is -0.436. The standard InChI is InChI=1S/C12H14ClF2N/c13-11-9(14)5-8(6-10(11)15)12(7-16)3-1-2-4-12/h5-6H,1-4,7,16H2. The van der Waals surface area contributed by atoms with E-state index in [4.69, 9.17) is 17.3 Å². The lowest BCUT2D eigenvalue weighted by atomic mass is 9.79. The van der Waals surface area contributed by atoms with Crippen LogP contribution in [-0.2, 0) is 5.41 Å². The van der Waals surface area contributed by atoms with Gasteiger partial charge < -0.3 is 5.73 Å². The highest BCUT2D eigenvalue weighted by atomic mass is 35.5. The van der Waals surface area contributed by atoms with Crippen LogP contribution in [0.2, 0.25) is 5.02 Å². The van der Waals surface area contributed by atoms with Crippen LogP contribution in [0.4, 0.5) is 8.78 Å². The van der Waals surface area contributed by atoms with Crippen molar-refractivity contribution in [1.29, 1.82) is 0 Å². The first-order valence-electron chi connectivity index (χ1n) is 5.44. The van der Waals surface area contributed by atoms with Crippen molar-refractivity contribution in [3.05, 3.63) is 34.4 Å². The molecule has 0 aliphatic heterocycles. The predicted octanol–water partition coefficient (Wildman–Crippen LogP) is 3.39. The Labute approximate surface area is 98.6 Å². The lowest BCUT2D eigenvalue weighted by molar-refractivity contribution is 0.445. The summed E-state index contributed by atoms with van der Waals surface area (Å²) in [4.78, 5) is 0. The Bertz CT molecular complexity index is 377. The van der Waals surface area contributed by atoms with Crippen molar-refractivity contribution in [3.63, 3.8) is 0 Å². The van der Waals surface area contributed by atoms with Crippen LogP contribution in [0.15, 0.2) is 12.1 Å². The third-order valence-electron chi connectivity index (χ3n) is 3.55. The number of hydrogen-bond donors (Lipinski definition) is 1. The van der Waals surface area contributed by atoms with Crippen LogP contribution in [0, 0.1) is 11.6 Å². The van der Waals surface area contributed by atoms with Crippen LogP contribution in [0.3, 0.4) is 0 Å². The van der Waals surface area contributed by atoms with Crippen LogP contribution in [0.5, 0.6) is 0 Å². The molecule has 0 spiro atoms. The Morgan fingerprint density at radius 3 is 2.12 bits per heavy atom. The molecule has 0 saturated heterocycles. The van der Waals surface area contributed by atoms with Gasteiger partial charge in [0, 0.05) is 12.0 Å². The van der Waals surface area contributed by atoms with Gasteiger partial charge >= 0.3 is 0 Å². The molecule has 1 nitrogen and oxygen atoms in total. The van der Waals surface area contributed by atoms with E-state index in [1.807, 2.05) is 0 Å². The zero-order chi connectivity index (χ0) is 11.8. The highest BCUT2D eigenvalue weighted by molar-refractivity contribution is 6.30. The second-order valence-electron chi connectivity index (χ2n) is 4.45. The number of halogens is 3. The summed E-state index contributed by atoms with van der Waals surface area (Å²) in [6.45, 7) is 0.424. The first-order chi connectivity index (χ1) is 7.59. The van der Waals surface area contributed by atoms with E-state index < -0.39 is 16.7 Å². The molecular weight excluding hydrogens is 232 g/mol. The van der Waals surface area contributed by atoms with Gasteiger partial charge in [0.15, 0.2) is 0 Å². The number of rotatable bonds is 2. The van der Waals surface area contributed by atoms with Crippen molar-refractivity contribution in [2.75, 3.05) is 6.54 Å². The van der Waals surface area contributed by atoms with Crippen LogP contribution in [0.25, 0.3) is 0 Å². The van der Waals surface area contributed by atoms with E-state index in [-0.39, 0.29) is 5.41 Å². The van der Waals surface area contributed by atoms with Gasteiger partial charge in [0.05, 0.1) is 0 Å². The van der Waals surface area contributed by atoms with Crippen molar-refractivity contribution < 1.29 is 8.78 Å². The maximum atomic E-state index is 13.4. The minimum absolute atomic E-state index is 0.258. The fourth-order valence-electron chi connectivity index (χ4n) is 2.52. The molecule has 1 fully saturated rings. The number of nitrogens with two attached hydrogens (primary N) is 1. The molecule has 1 aromatic carbocycles. The van der Waals surface area contributed by atoms with E-state index in [0.717, 1.165) is 25.7 Å². The lowest BCUT2D eigenvalue weighted by Crippen LogP contribution is -2.32. The first-order valence-corrected chi connectivity index (χ1v) is 5.82. The summed E-state index contributed by atoms with van der Waals surface area (Å²) in [5.74, 6) is -1.40. The maximum Gasteiger partial charge on any atom is 0.145 e. The van der Waals surface area contributed by atoms with Crippen LogP contribution in [0.1, 0.15) is 31.2 Å². The largest absolute Gasteiger partial charge is 0.330 e. The average Bonchev–Trinajstić information content (AvgIpc) is 2.75. The molecule has 2 N–H and O–H groups in total. The average molecular weight is 246 g/mol. The molecular formula is C12H14ClF2N. The molecule has 0 bridgehead atoms. The van der Waals surface area contributed by atoms with Gasteiger partial charge in [-0.25, -0.2) is 8.78 Å². The summed E-state index contributed by atoms with van der Waals surface area (Å²) in [7, 11) is 0. The fraction of sp³-hybridized carbons (Fsp3) is 0.500. The normalized spacial score (nSPS) is 19.0. The van der Waals surface area contributed by atoms with Gasteiger partial charge in [-0.3, -0.25) is 0 Å². The van der Waals surface area contributed by atoms with Gasteiger partial charge in [0.2, 0.25) is 0 Å². The first kappa shape index (κ1) is 11.8. The molecule has 88 valence electrons. The van der Waals surface area contributed by atoms with Gasteiger partial charge in [-0.2, -0.15) is 0 Å². The highest BCUT2D eigenvalue weighted by Crippen LogP contribution is 2.41. The number of hydrogen-bond acceptors (Lipinski definition) is 1. The van der Waals surface area contributed by atoms with Crippen LogP contribution in [-0.4, -0.2) is 6.54 Å². The molecule has 1 aliphatic rings. The Morgan fingerprint density at radius 2 is 1.69 bits per heavy atom. The summed E-state index contributed by atoms with van der Waals surface area (Å²) < 4.78 is 26.8. The van der Waals surface area contributed by atoms with E-state index >= 15 is 0 Å². The van der Waals surface area contributed by atoms with E-state index in [9.17, 15) is 8.78 Å². The topological polar surface area (TPSA) is 26.0 Å². The smallest absolute Gasteiger partial charge is 0.145 e. The zero-order valence-electron chi connectivity index (χ0n) is 8.90. The van der Waals surface area contributed by atoms with Gasteiger partial charge in [0.1, 0.15) is 16.7 Å². The molecule has 1 saturated carbocycles. The van der Waals surface area contributed by atoms with Crippen molar-refractivity contribution in [1.82, 2.24) is 0 Å². The Hall–Kier alpha value is -0.670. The summed E-state index contributed by atoms with van der Waals surface area (Å²) >= 11 is 5.46. The quantitative estimate of drug-likeness (QED) is 0.795. The SMILES string of the molecule is NCC1(c2cc(F)c(Cl)c(F)c2)CCCC1. The Morgan fingerprint density at radius 1 is 1.19 bits per heavy atom. The minimum Gasteiger partial charge on any atom is -0.330 e. The molecule has 1 aliphatic carbocycles. The van der Waals surface area contributed by atoms with Crippen LogP contribution >= 0.6 is 11.6 Å². The molecule has 0 atom stereocenters. The summed E-state index contributed by atoms with van der Waals surface area (Å²) in [6.07, 6.45) is 3.90. The molecule has 0 heterocycles. The van der Waals surface area contributed by atoms with Gasteiger partial charge in [-0.1, -0.05) is 24.4 Å². The van der Waals surface area contributed by atoms with E-state index in [2.05, 4.69) is 0 Å². The molecule has 1 aromatic rings. The summed E-state index contributed by atoms with van der Waals surface area (Å²) in [6, 6.07) is 2.65. The predicted molar refractivity (Wildman–Crippen MR) is 60.6 cm³/mol.